The summed E-state index contributed by atoms with van der Waals surface area (Å²) in [5.41, 5.74) is -0.00798. The van der Waals surface area contributed by atoms with Crippen LogP contribution in [0.3, 0.4) is 0 Å². The van der Waals surface area contributed by atoms with Crippen LogP contribution in [-0.2, 0) is 0 Å². The standard InChI is InChI=1S/C12H11NO6/c14-7-2-1-5(11(18)12(7)19)13-6-3-9(16)10(17)4-8(6)15/h1-4,13-19H. The highest BCUT2D eigenvalue weighted by Crippen LogP contribution is 2.43. The van der Waals surface area contributed by atoms with Gasteiger partial charge in [-0.25, -0.2) is 0 Å². The molecule has 7 N–H and O–H groups in total. The molecule has 2 aromatic rings. The SMILES string of the molecule is Oc1cc(O)c(Nc2ccc(O)c(O)c2O)cc1O. The number of hydrogen-bond acceptors (Lipinski definition) is 7. The van der Waals surface area contributed by atoms with E-state index in [9.17, 15) is 20.4 Å². The van der Waals surface area contributed by atoms with Crippen molar-refractivity contribution in [1.29, 1.82) is 0 Å². The molecule has 0 aliphatic rings. The first kappa shape index (κ1) is 12.5. The van der Waals surface area contributed by atoms with Gasteiger partial charge in [0.05, 0.1) is 11.4 Å². The van der Waals surface area contributed by atoms with Crippen LogP contribution >= 0.6 is 0 Å². The van der Waals surface area contributed by atoms with Gasteiger partial charge in [-0.15, -0.1) is 0 Å². The van der Waals surface area contributed by atoms with Crippen molar-refractivity contribution in [2.75, 3.05) is 5.32 Å². The second kappa shape index (κ2) is 4.37. The molecule has 0 aliphatic carbocycles. The first-order valence-electron chi connectivity index (χ1n) is 5.16. The van der Waals surface area contributed by atoms with Gasteiger partial charge >= 0.3 is 0 Å². The van der Waals surface area contributed by atoms with E-state index in [1.807, 2.05) is 0 Å². The van der Waals surface area contributed by atoms with Crippen molar-refractivity contribution in [2.45, 2.75) is 0 Å². The van der Waals surface area contributed by atoms with E-state index in [1.165, 1.54) is 6.07 Å². The van der Waals surface area contributed by atoms with Crippen molar-refractivity contribution < 1.29 is 30.6 Å². The smallest absolute Gasteiger partial charge is 0.202 e. The maximum atomic E-state index is 9.59. The molecule has 7 nitrogen and oxygen atoms in total. The van der Waals surface area contributed by atoms with Crippen LogP contribution in [0.1, 0.15) is 0 Å². The summed E-state index contributed by atoms with van der Waals surface area (Å²) in [5, 5.41) is 58.7. The van der Waals surface area contributed by atoms with Gasteiger partial charge in [-0.3, -0.25) is 0 Å². The monoisotopic (exact) mass is 265 g/mol. The van der Waals surface area contributed by atoms with Gasteiger partial charge in [-0.2, -0.15) is 0 Å². The number of nitrogens with one attached hydrogen (secondary N) is 1. The molecule has 0 unspecified atom stereocenters. The summed E-state index contributed by atoms with van der Waals surface area (Å²) in [6.45, 7) is 0. The van der Waals surface area contributed by atoms with Crippen molar-refractivity contribution >= 4 is 11.4 Å². The highest BCUT2D eigenvalue weighted by Gasteiger charge is 2.14. The van der Waals surface area contributed by atoms with Gasteiger partial charge in [-0.05, 0) is 12.1 Å². The third kappa shape index (κ3) is 2.21. The summed E-state index contributed by atoms with van der Waals surface area (Å²) in [6.07, 6.45) is 0. The summed E-state index contributed by atoms with van der Waals surface area (Å²) in [4.78, 5) is 0. The fourth-order valence-electron chi connectivity index (χ4n) is 1.48. The van der Waals surface area contributed by atoms with E-state index < -0.39 is 28.7 Å². The van der Waals surface area contributed by atoms with Crippen molar-refractivity contribution in [3.05, 3.63) is 24.3 Å². The van der Waals surface area contributed by atoms with E-state index in [2.05, 4.69) is 5.32 Å². The first-order chi connectivity index (χ1) is 8.90. The molecular formula is C12H11NO6. The second-order valence-electron chi connectivity index (χ2n) is 3.81. The van der Waals surface area contributed by atoms with Crippen LogP contribution in [0.15, 0.2) is 24.3 Å². The van der Waals surface area contributed by atoms with Gasteiger partial charge in [-0.1, -0.05) is 0 Å². The van der Waals surface area contributed by atoms with Gasteiger partial charge in [0.1, 0.15) is 5.75 Å². The lowest BCUT2D eigenvalue weighted by Crippen LogP contribution is -1.91. The zero-order valence-corrected chi connectivity index (χ0v) is 9.49. The van der Waals surface area contributed by atoms with Gasteiger partial charge in [0, 0.05) is 12.1 Å². The minimum Gasteiger partial charge on any atom is -0.506 e. The van der Waals surface area contributed by atoms with Crippen LogP contribution in [0.25, 0.3) is 0 Å². The van der Waals surface area contributed by atoms with E-state index >= 15 is 0 Å². The van der Waals surface area contributed by atoms with Gasteiger partial charge in [0.2, 0.25) is 5.75 Å². The van der Waals surface area contributed by atoms with Crippen LogP contribution in [0.5, 0.6) is 34.5 Å². The van der Waals surface area contributed by atoms with E-state index in [0.29, 0.717) is 0 Å². The number of hydrogen-bond donors (Lipinski definition) is 7. The van der Waals surface area contributed by atoms with Crippen molar-refractivity contribution in [1.82, 2.24) is 0 Å². The maximum absolute atomic E-state index is 9.59. The third-order valence-corrected chi connectivity index (χ3v) is 2.49. The molecule has 0 saturated heterocycles. The summed E-state index contributed by atoms with van der Waals surface area (Å²) in [5.74, 6) is -3.17. The second-order valence-corrected chi connectivity index (χ2v) is 3.81. The van der Waals surface area contributed by atoms with Crippen LogP contribution in [0.4, 0.5) is 11.4 Å². The molecule has 0 radical (unpaired) electrons. The van der Waals surface area contributed by atoms with Crippen LogP contribution < -0.4 is 5.32 Å². The highest BCUT2D eigenvalue weighted by molar-refractivity contribution is 5.76. The van der Waals surface area contributed by atoms with Gasteiger partial charge < -0.3 is 36.0 Å². The maximum Gasteiger partial charge on any atom is 0.202 e. The molecule has 0 saturated carbocycles. The summed E-state index contributed by atoms with van der Waals surface area (Å²) >= 11 is 0. The lowest BCUT2D eigenvalue weighted by Gasteiger charge is -2.12. The Bertz CT molecular complexity index is 641. The molecule has 100 valence electrons. The minimum absolute atomic E-state index is 0.00399. The summed E-state index contributed by atoms with van der Waals surface area (Å²) in [7, 11) is 0. The lowest BCUT2D eigenvalue weighted by atomic mass is 10.2. The van der Waals surface area contributed by atoms with Crippen LogP contribution in [0.2, 0.25) is 0 Å². The Morgan fingerprint density at radius 1 is 0.579 bits per heavy atom. The number of rotatable bonds is 2. The first-order valence-corrected chi connectivity index (χ1v) is 5.16. The zero-order chi connectivity index (χ0) is 14.2. The summed E-state index contributed by atoms with van der Waals surface area (Å²) < 4.78 is 0. The molecule has 0 aliphatic heterocycles. The van der Waals surface area contributed by atoms with Crippen molar-refractivity contribution in [3.63, 3.8) is 0 Å². The Labute approximate surface area is 107 Å². The number of phenolic OH excluding ortho intramolecular Hbond substituents is 6. The van der Waals surface area contributed by atoms with E-state index in [1.54, 1.807) is 0 Å². The molecule has 0 spiro atoms. The molecule has 2 rings (SSSR count). The Morgan fingerprint density at radius 3 is 1.89 bits per heavy atom. The van der Waals surface area contributed by atoms with Crippen LogP contribution in [0, 0.1) is 0 Å². The largest absolute Gasteiger partial charge is 0.506 e. The predicted octanol–water partition coefficient (Wildman–Crippen LogP) is 1.66. The molecule has 2 aromatic carbocycles. The normalized spacial score (nSPS) is 10.3. The molecule has 0 heterocycles. The number of anilines is 2. The molecule has 7 heteroatoms. The predicted molar refractivity (Wildman–Crippen MR) is 66.2 cm³/mol. The topological polar surface area (TPSA) is 133 Å². The quantitative estimate of drug-likeness (QED) is 0.324. The molecular weight excluding hydrogens is 254 g/mol. The van der Waals surface area contributed by atoms with E-state index in [4.69, 9.17) is 10.2 Å². The fourth-order valence-corrected chi connectivity index (χ4v) is 1.48. The van der Waals surface area contributed by atoms with Gasteiger partial charge in [0.25, 0.3) is 0 Å². The number of phenols is 6. The molecule has 0 atom stereocenters. The molecule has 0 fully saturated rings. The highest BCUT2D eigenvalue weighted by atomic mass is 16.3. The molecule has 0 aromatic heterocycles. The summed E-state index contributed by atoms with van der Waals surface area (Å²) in [6, 6.07) is 4.34. The van der Waals surface area contributed by atoms with Crippen molar-refractivity contribution in [2.24, 2.45) is 0 Å². The number of benzene rings is 2. The Hall–Kier alpha value is -2.96. The van der Waals surface area contributed by atoms with Gasteiger partial charge in [0.15, 0.2) is 23.0 Å². The zero-order valence-electron chi connectivity index (χ0n) is 9.49. The van der Waals surface area contributed by atoms with E-state index in [-0.39, 0.29) is 17.1 Å². The molecule has 19 heavy (non-hydrogen) atoms. The number of aromatic hydroxyl groups is 6. The minimum atomic E-state index is -0.715. The van der Waals surface area contributed by atoms with Crippen LogP contribution in [-0.4, -0.2) is 30.6 Å². The molecule has 0 bridgehead atoms. The fraction of sp³-hybridized carbons (Fsp3) is 0. The van der Waals surface area contributed by atoms with Crippen molar-refractivity contribution in [3.8, 4) is 34.5 Å². The van der Waals surface area contributed by atoms with E-state index in [0.717, 1.165) is 18.2 Å². The Morgan fingerprint density at radius 2 is 1.21 bits per heavy atom. The molecule has 0 amide bonds. The Kier molecular flexibility index (Phi) is 2.88. The Balaban J connectivity index is 2.42. The average molecular weight is 265 g/mol. The average Bonchev–Trinajstić information content (AvgIpc) is 2.36. The third-order valence-electron chi connectivity index (χ3n) is 2.49. The lowest BCUT2D eigenvalue weighted by molar-refractivity contribution is 0.369.